The lowest BCUT2D eigenvalue weighted by Gasteiger charge is -2.21. The zero-order valence-electron chi connectivity index (χ0n) is 19.2. The minimum absolute atomic E-state index is 0.0231. The number of ether oxygens (including phenoxy) is 2. The van der Waals surface area contributed by atoms with Crippen molar-refractivity contribution in [3.8, 4) is 17.3 Å². The van der Waals surface area contributed by atoms with E-state index in [2.05, 4.69) is 9.97 Å². The molecule has 36 heavy (non-hydrogen) atoms. The molecule has 1 saturated heterocycles. The number of nitrogens with zero attached hydrogens (tertiary/aromatic N) is 5. The van der Waals surface area contributed by atoms with Crippen LogP contribution in [0.1, 0.15) is 6.42 Å². The molecule has 1 fully saturated rings. The molecule has 0 N–H and O–H groups in total. The van der Waals surface area contributed by atoms with Crippen LogP contribution in [-0.4, -0.2) is 52.5 Å². The topological polar surface area (TPSA) is 91.5 Å². The summed E-state index contributed by atoms with van der Waals surface area (Å²) in [6.07, 6.45) is 3.54. The molecule has 5 rings (SSSR count). The summed E-state index contributed by atoms with van der Waals surface area (Å²) < 4.78 is 27.2. The molecule has 4 heterocycles. The van der Waals surface area contributed by atoms with Gasteiger partial charge in [0.15, 0.2) is 0 Å². The summed E-state index contributed by atoms with van der Waals surface area (Å²) >= 11 is 12.1. The fraction of sp³-hybridized carbons (Fsp3) is 0.250. The van der Waals surface area contributed by atoms with Crippen LogP contribution in [0.2, 0.25) is 10.0 Å². The molecule has 0 saturated carbocycles. The van der Waals surface area contributed by atoms with Gasteiger partial charge in [-0.25, -0.2) is 13.8 Å². The minimum Gasteiger partial charge on any atom is -0.480 e. The second-order valence-electron chi connectivity index (χ2n) is 8.19. The Morgan fingerprint density at radius 3 is 2.53 bits per heavy atom. The van der Waals surface area contributed by atoms with Gasteiger partial charge in [0, 0.05) is 32.5 Å². The van der Waals surface area contributed by atoms with E-state index in [1.807, 2.05) is 4.90 Å². The van der Waals surface area contributed by atoms with E-state index in [0.29, 0.717) is 18.9 Å². The quantitative estimate of drug-likeness (QED) is 0.388. The number of benzene rings is 1. The molecule has 0 spiro atoms. The predicted octanol–water partition coefficient (Wildman–Crippen LogP) is 3.61. The van der Waals surface area contributed by atoms with E-state index < -0.39 is 17.1 Å². The van der Waals surface area contributed by atoms with Crippen LogP contribution in [-0.2, 0) is 4.74 Å². The van der Waals surface area contributed by atoms with E-state index in [1.165, 1.54) is 42.3 Å². The average Bonchev–Trinajstić information content (AvgIpc) is 3.35. The van der Waals surface area contributed by atoms with Gasteiger partial charge in [0.1, 0.15) is 17.0 Å². The van der Waals surface area contributed by atoms with Gasteiger partial charge < -0.3 is 14.4 Å². The van der Waals surface area contributed by atoms with Crippen molar-refractivity contribution < 1.29 is 13.9 Å². The molecule has 186 valence electrons. The molecular weight excluding hydrogens is 512 g/mol. The first-order valence-electron chi connectivity index (χ1n) is 10.9. The number of fused-ring (bicyclic) bond motifs is 1. The monoisotopic (exact) mass is 531 g/mol. The Hall–Kier alpha value is -3.47. The van der Waals surface area contributed by atoms with E-state index in [4.69, 9.17) is 32.7 Å². The van der Waals surface area contributed by atoms with Crippen LogP contribution in [0.3, 0.4) is 0 Å². The fourth-order valence-electron chi connectivity index (χ4n) is 4.34. The molecule has 1 aliphatic rings. The van der Waals surface area contributed by atoms with E-state index in [-0.39, 0.29) is 44.3 Å². The smallest absolute Gasteiger partial charge is 0.340 e. The molecule has 12 heteroatoms. The van der Waals surface area contributed by atoms with Crippen molar-refractivity contribution in [1.29, 1.82) is 0 Å². The Morgan fingerprint density at radius 2 is 1.86 bits per heavy atom. The highest BCUT2D eigenvalue weighted by molar-refractivity contribution is 6.31. The number of halogens is 3. The summed E-state index contributed by atoms with van der Waals surface area (Å²) in [7, 11) is 3.04. The second-order valence-corrected chi connectivity index (χ2v) is 9.04. The number of pyridine rings is 2. The van der Waals surface area contributed by atoms with Gasteiger partial charge in [0.25, 0.3) is 5.56 Å². The Balaban J connectivity index is 1.89. The van der Waals surface area contributed by atoms with Crippen LogP contribution in [0, 0.1) is 5.82 Å². The summed E-state index contributed by atoms with van der Waals surface area (Å²) in [6, 6.07) is 6.93. The van der Waals surface area contributed by atoms with Gasteiger partial charge >= 0.3 is 5.69 Å². The molecule has 0 aliphatic carbocycles. The van der Waals surface area contributed by atoms with Crippen LogP contribution < -0.4 is 20.9 Å². The lowest BCUT2D eigenvalue weighted by atomic mass is 10.2. The molecular formula is C24H20Cl2FN5O4. The first-order chi connectivity index (χ1) is 17.3. The Kier molecular flexibility index (Phi) is 6.42. The Bertz CT molecular complexity index is 1610. The normalized spacial score (nSPS) is 15.6. The van der Waals surface area contributed by atoms with Crippen molar-refractivity contribution >= 4 is 39.9 Å². The highest BCUT2D eigenvalue weighted by Gasteiger charge is 2.27. The number of aromatic nitrogens is 4. The maximum Gasteiger partial charge on any atom is 0.340 e. The van der Waals surface area contributed by atoms with Crippen molar-refractivity contribution in [2.45, 2.75) is 12.5 Å². The van der Waals surface area contributed by atoms with Gasteiger partial charge in [0.2, 0.25) is 5.88 Å². The van der Waals surface area contributed by atoms with Crippen LogP contribution in [0.5, 0.6) is 5.88 Å². The van der Waals surface area contributed by atoms with Gasteiger partial charge in [-0.1, -0.05) is 23.2 Å². The van der Waals surface area contributed by atoms with E-state index >= 15 is 0 Å². The van der Waals surface area contributed by atoms with E-state index in [9.17, 15) is 14.0 Å². The number of rotatable bonds is 5. The van der Waals surface area contributed by atoms with Gasteiger partial charge in [-0.15, -0.1) is 0 Å². The molecule has 0 unspecified atom stereocenters. The van der Waals surface area contributed by atoms with Gasteiger partial charge in [0.05, 0.1) is 46.3 Å². The predicted molar refractivity (Wildman–Crippen MR) is 135 cm³/mol. The molecule has 9 nitrogen and oxygen atoms in total. The number of hydrogen-bond donors (Lipinski definition) is 0. The average molecular weight is 532 g/mol. The highest BCUT2D eigenvalue weighted by Crippen LogP contribution is 2.30. The zero-order chi connectivity index (χ0) is 25.6. The summed E-state index contributed by atoms with van der Waals surface area (Å²) in [5.74, 6) is -0.117. The third-order valence-corrected chi connectivity index (χ3v) is 6.59. The van der Waals surface area contributed by atoms with Crippen molar-refractivity contribution in [1.82, 2.24) is 19.1 Å². The van der Waals surface area contributed by atoms with Crippen molar-refractivity contribution in [2.24, 2.45) is 0 Å². The van der Waals surface area contributed by atoms with Crippen molar-refractivity contribution in [2.75, 3.05) is 32.2 Å². The molecule has 0 bridgehead atoms. The summed E-state index contributed by atoms with van der Waals surface area (Å²) in [6.45, 7) is 1.24. The van der Waals surface area contributed by atoms with Gasteiger partial charge in [-0.2, -0.15) is 4.98 Å². The molecule has 0 amide bonds. The fourth-order valence-corrected chi connectivity index (χ4v) is 4.68. The highest BCUT2D eigenvalue weighted by atomic mass is 35.5. The van der Waals surface area contributed by atoms with Crippen LogP contribution in [0.4, 0.5) is 10.2 Å². The lowest BCUT2D eigenvalue weighted by Crippen LogP contribution is -2.39. The maximum atomic E-state index is 14.0. The Morgan fingerprint density at radius 1 is 1.06 bits per heavy atom. The number of anilines is 1. The Labute approximate surface area is 214 Å². The van der Waals surface area contributed by atoms with Gasteiger partial charge in [-0.3, -0.25) is 14.3 Å². The standard InChI is InChI=1S/C24H20Cl2FN5O4/c1-35-16-5-6-30(12-16)20-9-19-21(22(29-20)36-2)23(33)32(15-7-13(25)10-28-11-15)24(34)31(19)14-3-4-18(27)17(26)8-14/h3-4,7-11,16H,5-6,12H2,1-2H3/t16-/m1/s1. The first-order valence-corrected chi connectivity index (χ1v) is 11.7. The van der Waals surface area contributed by atoms with Crippen molar-refractivity contribution in [3.63, 3.8) is 0 Å². The van der Waals surface area contributed by atoms with Crippen molar-refractivity contribution in [3.05, 3.63) is 79.4 Å². The lowest BCUT2D eigenvalue weighted by molar-refractivity contribution is 0.121. The molecule has 0 radical (unpaired) electrons. The summed E-state index contributed by atoms with van der Waals surface area (Å²) in [5, 5.41) is 0.0969. The molecule has 1 aromatic carbocycles. The SMILES string of the molecule is COc1nc(N2CC[C@@H](OC)C2)cc2c1c(=O)n(-c1cncc(Cl)c1)c(=O)n2-c1ccc(F)c(Cl)c1. The van der Waals surface area contributed by atoms with Crippen LogP contribution in [0.25, 0.3) is 22.3 Å². The minimum atomic E-state index is -0.727. The van der Waals surface area contributed by atoms with Crippen LogP contribution in [0.15, 0.2) is 52.3 Å². The summed E-state index contributed by atoms with van der Waals surface area (Å²) in [5.41, 5.74) is -0.780. The van der Waals surface area contributed by atoms with E-state index in [0.717, 1.165) is 17.1 Å². The molecule has 3 aromatic heterocycles. The zero-order valence-corrected chi connectivity index (χ0v) is 20.8. The number of methoxy groups -OCH3 is 2. The molecule has 1 aliphatic heterocycles. The first kappa shape index (κ1) is 24.2. The summed E-state index contributed by atoms with van der Waals surface area (Å²) in [4.78, 5) is 38.1. The third kappa shape index (κ3) is 4.11. The van der Waals surface area contributed by atoms with Gasteiger partial charge in [-0.05, 0) is 30.7 Å². The molecule has 1 atom stereocenters. The third-order valence-electron chi connectivity index (χ3n) is 6.10. The molecule has 4 aromatic rings. The van der Waals surface area contributed by atoms with Crippen LogP contribution >= 0.6 is 23.2 Å². The number of hydrogen-bond acceptors (Lipinski definition) is 7. The van der Waals surface area contributed by atoms with E-state index in [1.54, 1.807) is 13.2 Å². The maximum absolute atomic E-state index is 14.0. The largest absolute Gasteiger partial charge is 0.480 e. The second kappa shape index (κ2) is 9.53.